The number of ether oxygens (including phenoxy) is 1. The van der Waals surface area contributed by atoms with E-state index in [9.17, 15) is 4.79 Å². The van der Waals surface area contributed by atoms with Crippen LogP contribution in [-0.2, 0) is 6.54 Å². The summed E-state index contributed by atoms with van der Waals surface area (Å²) in [6.45, 7) is 6.69. The lowest BCUT2D eigenvalue weighted by atomic mass is 10.1. The number of nitrogens with zero attached hydrogens (tertiary/aromatic N) is 2. The average Bonchev–Trinajstić information content (AvgIpc) is 2.68. The van der Waals surface area contributed by atoms with Crippen molar-refractivity contribution in [3.8, 4) is 5.75 Å². The van der Waals surface area contributed by atoms with E-state index in [0.29, 0.717) is 24.5 Å². The molecule has 0 N–H and O–H groups in total. The Bertz CT molecular complexity index is 588. The van der Waals surface area contributed by atoms with E-state index in [-0.39, 0.29) is 5.78 Å². The Hall–Kier alpha value is -2.10. The number of aromatic nitrogens is 2. The number of carbonyl (C=O) groups excluding carboxylic acids is 1. The Morgan fingerprint density at radius 3 is 2.68 bits per heavy atom. The molecule has 1 aromatic heterocycles. The van der Waals surface area contributed by atoms with Crippen LogP contribution >= 0.6 is 0 Å². The first-order valence-corrected chi connectivity index (χ1v) is 6.32. The predicted molar refractivity (Wildman–Crippen MR) is 73.6 cm³/mol. The lowest BCUT2D eigenvalue weighted by Gasteiger charge is -2.10. The Kier molecular flexibility index (Phi) is 4.00. The SMILES string of the molecule is CC(=O)c1ccccc1OCCn1nc(C)cc1C. The van der Waals surface area contributed by atoms with Crippen molar-refractivity contribution in [2.75, 3.05) is 6.61 Å². The number of Topliss-reactive ketones (excluding diaryl/α,β-unsaturated/α-hetero) is 1. The molecule has 0 amide bonds. The maximum absolute atomic E-state index is 11.5. The molecule has 0 radical (unpaired) electrons. The number of aryl methyl sites for hydroxylation is 2. The van der Waals surface area contributed by atoms with Crippen molar-refractivity contribution in [2.45, 2.75) is 27.3 Å². The molecule has 0 aliphatic rings. The molecule has 0 aliphatic heterocycles. The zero-order chi connectivity index (χ0) is 13.8. The summed E-state index contributed by atoms with van der Waals surface area (Å²) in [6, 6.07) is 9.33. The smallest absolute Gasteiger partial charge is 0.163 e. The van der Waals surface area contributed by atoms with E-state index in [1.165, 1.54) is 0 Å². The van der Waals surface area contributed by atoms with Gasteiger partial charge in [0.15, 0.2) is 5.78 Å². The summed E-state index contributed by atoms with van der Waals surface area (Å²) < 4.78 is 7.59. The highest BCUT2D eigenvalue weighted by Crippen LogP contribution is 2.18. The van der Waals surface area contributed by atoms with Gasteiger partial charge in [0.2, 0.25) is 0 Å². The van der Waals surface area contributed by atoms with Gasteiger partial charge in [0.25, 0.3) is 0 Å². The van der Waals surface area contributed by atoms with E-state index in [1.807, 2.05) is 42.8 Å². The van der Waals surface area contributed by atoms with Crippen molar-refractivity contribution in [3.63, 3.8) is 0 Å². The van der Waals surface area contributed by atoms with Crippen LogP contribution in [0, 0.1) is 13.8 Å². The van der Waals surface area contributed by atoms with E-state index in [4.69, 9.17) is 4.74 Å². The van der Waals surface area contributed by atoms with Crippen molar-refractivity contribution in [1.29, 1.82) is 0 Å². The van der Waals surface area contributed by atoms with Crippen LogP contribution in [0.15, 0.2) is 30.3 Å². The molecule has 4 heteroatoms. The molecule has 0 unspecified atom stereocenters. The summed E-state index contributed by atoms with van der Waals surface area (Å²) in [5.74, 6) is 0.651. The molecule has 0 aliphatic carbocycles. The topological polar surface area (TPSA) is 44.1 Å². The summed E-state index contributed by atoms with van der Waals surface area (Å²) >= 11 is 0. The molecule has 1 heterocycles. The number of rotatable bonds is 5. The third-order valence-electron chi connectivity index (χ3n) is 2.93. The first-order valence-electron chi connectivity index (χ1n) is 6.32. The highest BCUT2D eigenvalue weighted by Gasteiger charge is 2.07. The normalized spacial score (nSPS) is 10.5. The van der Waals surface area contributed by atoms with Crippen LogP contribution < -0.4 is 4.74 Å². The van der Waals surface area contributed by atoms with Gasteiger partial charge in [-0.25, -0.2) is 0 Å². The van der Waals surface area contributed by atoms with Crippen LogP contribution in [0.2, 0.25) is 0 Å². The van der Waals surface area contributed by atoms with E-state index >= 15 is 0 Å². The molecular formula is C15H18N2O2. The van der Waals surface area contributed by atoms with Gasteiger partial charge in [-0.15, -0.1) is 0 Å². The second kappa shape index (κ2) is 5.69. The molecule has 0 spiro atoms. The van der Waals surface area contributed by atoms with Gasteiger partial charge in [-0.1, -0.05) is 12.1 Å². The van der Waals surface area contributed by atoms with Gasteiger partial charge < -0.3 is 4.74 Å². The van der Waals surface area contributed by atoms with Crippen molar-refractivity contribution in [3.05, 3.63) is 47.3 Å². The number of carbonyl (C=O) groups is 1. The zero-order valence-electron chi connectivity index (χ0n) is 11.5. The molecular weight excluding hydrogens is 240 g/mol. The average molecular weight is 258 g/mol. The molecule has 0 saturated heterocycles. The van der Waals surface area contributed by atoms with Gasteiger partial charge in [-0.05, 0) is 39.0 Å². The molecule has 0 fully saturated rings. The first kappa shape index (κ1) is 13.3. The molecule has 0 saturated carbocycles. The highest BCUT2D eigenvalue weighted by molar-refractivity contribution is 5.96. The minimum absolute atomic E-state index is 0.0155. The monoisotopic (exact) mass is 258 g/mol. The fourth-order valence-corrected chi connectivity index (χ4v) is 2.03. The molecule has 1 aromatic carbocycles. The Balaban J connectivity index is 2.00. The number of hydrogen-bond donors (Lipinski definition) is 0. The lowest BCUT2D eigenvalue weighted by molar-refractivity contribution is 0.101. The second-order valence-corrected chi connectivity index (χ2v) is 4.55. The Morgan fingerprint density at radius 2 is 2.05 bits per heavy atom. The largest absolute Gasteiger partial charge is 0.491 e. The minimum atomic E-state index is 0.0155. The van der Waals surface area contributed by atoms with Crippen molar-refractivity contribution >= 4 is 5.78 Å². The van der Waals surface area contributed by atoms with Gasteiger partial charge in [0.1, 0.15) is 12.4 Å². The van der Waals surface area contributed by atoms with E-state index in [0.717, 1.165) is 11.4 Å². The van der Waals surface area contributed by atoms with E-state index < -0.39 is 0 Å². The van der Waals surface area contributed by atoms with Crippen LogP contribution in [0.4, 0.5) is 0 Å². The third kappa shape index (κ3) is 3.22. The van der Waals surface area contributed by atoms with Crippen molar-refractivity contribution in [1.82, 2.24) is 9.78 Å². The van der Waals surface area contributed by atoms with Crippen LogP contribution in [0.1, 0.15) is 28.7 Å². The molecule has 2 aromatic rings. The Labute approximate surface area is 113 Å². The first-order chi connectivity index (χ1) is 9.08. The fourth-order valence-electron chi connectivity index (χ4n) is 2.03. The van der Waals surface area contributed by atoms with Crippen LogP contribution in [0.25, 0.3) is 0 Å². The second-order valence-electron chi connectivity index (χ2n) is 4.55. The van der Waals surface area contributed by atoms with E-state index in [1.54, 1.807) is 13.0 Å². The summed E-state index contributed by atoms with van der Waals surface area (Å²) in [7, 11) is 0. The molecule has 0 bridgehead atoms. The van der Waals surface area contributed by atoms with Gasteiger partial charge in [0, 0.05) is 5.69 Å². The summed E-state index contributed by atoms with van der Waals surface area (Å²) in [5, 5.41) is 4.37. The number of hydrogen-bond acceptors (Lipinski definition) is 3. The summed E-state index contributed by atoms with van der Waals surface area (Å²) in [6.07, 6.45) is 0. The fraction of sp³-hybridized carbons (Fsp3) is 0.333. The van der Waals surface area contributed by atoms with Gasteiger partial charge in [-0.2, -0.15) is 5.10 Å². The summed E-state index contributed by atoms with van der Waals surface area (Å²) in [5.41, 5.74) is 2.73. The number of para-hydroxylation sites is 1. The maximum atomic E-state index is 11.5. The zero-order valence-corrected chi connectivity index (χ0v) is 11.5. The van der Waals surface area contributed by atoms with Gasteiger partial charge >= 0.3 is 0 Å². The molecule has 2 rings (SSSR count). The lowest BCUT2D eigenvalue weighted by Crippen LogP contribution is -2.12. The molecule has 100 valence electrons. The van der Waals surface area contributed by atoms with Gasteiger partial charge in [-0.3, -0.25) is 9.48 Å². The van der Waals surface area contributed by atoms with Crippen molar-refractivity contribution < 1.29 is 9.53 Å². The molecule has 0 atom stereocenters. The van der Waals surface area contributed by atoms with Crippen LogP contribution in [0.5, 0.6) is 5.75 Å². The quantitative estimate of drug-likeness (QED) is 0.775. The molecule has 4 nitrogen and oxygen atoms in total. The Morgan fingerprint density at radius 1 is 1.32 bits per heavy atom. The molecule has 19 heavy (non-hydrogen) atoms. The highest BCUT2D eigenvalue weighted by atomic mass is 16.5. The minimum Gasteiger partial charge on any atom is -0.491 e. The standard InChI is InChI=1S/C15H18N2O2/c1-11-10-12(2)17(16-11)8-9-19-15-7-5-4-6-14(15)13(3)18/h4-7,10H,8-9H2,1-3H3. The summed E-state index contributed by atoms with van der Waals surface area (Å²) in [4.78, 5) is 11.5. The van der Waals surface area contributed by atoms with Gasteiger partial charge in [0.05, 0.1) is 17.8 Å². The maximum Gasteiger partial charge on any atom is 0.163 e. The van der Waals surface area contributed by atoms with Crippen LogP contribution in [-0.4, -0.2) is 22.2 Å². The van der Waals surface area contributed by atoms with E-state index in [2.05, 4.69) is 5.10 Å². The number of ketones is 1. The predicted octanol–water partition coefficient (Wildman–Crippen LogP) is 2.78. The van der Waals surface area contributed by atoms with Crippen molar-refractivity contribution in [2.24, 2.45) is 0 Å². The number of benzene rings is 1. The third-order valence-corrected chi connectivity index (χ3v) is 2.93. The van der Waals surface area contributed by atoms with Crippen LogP contribution in [0.3, 0.4) is 0 Å².